The molecule has 35 heavy (non-hydrogen) atoms. The number of benzene rings is 1. The van der Waals surface area contributed by atoms with Crippen LogP contribution in [0.3, 0.4) is 0 Å². The third-order valence-electron chi connectivity index (χ3n) is 4.90. The molecule has 0 bridgehead atoms. The van der Waals surface area contributed by atoms with E-state index in [9.17, 15) is 19.2 Å². The van der Waals surface area contributed by atoms with Crippen molar-refractivity contribution in [3.8, 4) is 0 Å². The van der Waals surface area contributed by atoms with Crippen LogP contribution < -0.4 is 10.6 Å². The monoisotopic (exact) mass is 509 g/mol. The lowest BCUT2D eigenvalue weighted by molar-refractivity contribution is -0.144. The van der Waals surface area contributed by atoms with Crippen molar-refractivity contribution in [2.75, 3.05) is 32.2 Å². The number of aryl methyl sites for hydroxylation is 1. The third-order valence-corrected chi connectivity index (χ3v) is 5.54. The zero-order chi connectivity index (χ0) is 26.6. The van der Waals surface area contributed by atoms with E-state index in [1.807, 2.05) is 38.3 Å². The molecule has 2 N–H and O–H groups in total. The van der Waals surface area contributed by atoms with Crippen molar-refractivity contribution in [2.24, 2.45) is 0 Å². The third kappa shape index (κ3) is 10.6. The van der Waals surface area contributed by atoms with Crippen LogP contribution in [-0.2, 0) is 23.9 Å². The maximum atomic E-state index is 13.8. The first kappa shape index (κ1) is 30.3. The molecule has 0 saturated heterocycles. The maximum absolute atomic E-state index is 13.8. The minimum Gasteiger partial charge on any atom is -0.468 e. The van der Waals surface area contributed by atoms with E-state index in [0.29, 0.717) is 24.2 Å². The predicted octanol–water partition coefficient (Wildman–Crippen LogP) is 3.21. The van der Waals surface area contributed by atoms with Crippen molar-refractivity contribution in [2.45, 2.75) is 65.1 Å². The fraction of sp³-hybridized carbons (Fsp3) is 0.600. The minimum atomic E-state index is -0.996. The van der Waals surface area contributed by atoms with Gasteiger partial charge in [0.1, 0.15) is 24.2 Å². The summed E-state index contributed by atoms with van der Waals surface area (Å²) < 4.78 is 9.99. The van der Waals surface area contributed by atoms with Gasteiger partial charge in [0.25, 0.3) is 0 Å². The first-order valence-corrected chi connectivity index (χ1v) is 13.0. The summed E-state index contributed by atoms with van der Waals surface area (Å²) >= 11 is 1.55. The van der Waals surface area contributed by atoms with Crippen molar-refractivity contribution < 1.29 is 28.7 Å². The molecule has 0 aromatic heterocycles. The van der Waals surface area contributed by atoms with E-state index in [-0.39, 0.29) is 13.1 Å². The molecule has 196 valence electrons. The normalized spacial score (nSPS) is 12.8. The van der Waals surface area contributed by atoms with E-state index in [4.69, 9.17) is 4.74 Å². The van der Waals surface area contributed by atoms with Crippen molar-refractivity contribution in [1.29, 1.82) is 0 Å². The second-order valence-electron chi connectivity index (χ2n) is 9.12. The Bertz CT molecular complexity index is 871. The number of hydrogen-bond acceptors (Lipinski definition) is 7. The van der Waals surface area contributed by atoms with Gasteiger partial charge in [0.05, 0.1) is 7.11 Å². The van der Waals surface area contributed by atoms with Gasteiger partial charge in [-0.3, -0.25) is 14.4 Å². The molecule has 2 unspecified atom stereocenters. The lowest BCUT2D eigenvalue weighted by atomic mass is 10.00. The van der Waals surface area contributed by atoms with Gasteiger partial charge in [0.15, 0.2) is 0 Å². The molecule has 1 aromatic rings. The number of amides is 3. The van der Waals surface area contributed by atoms with Crippen LogP contribution in [0.15, 0.2) is 24.3 Å². The maximum Gasteiger partial charge on any atom is 0.408 e. The summed E-state index contributed by atoms with van der Waals surface area (Å²) in [4.78, 5) is 52.7. The van der Waals surface area contributed by atoms with Crippen LogP contribution in [0.5, 0.6) is 0 Å². The van der Waals surface area contributed by atoms with E-state index in [0.717, 1.165) is 5.56 Å². The number of carbonyl (C=O) groups excluding carboxylic acids is 4. The number of thioether (sulfide) groups is 1. The number of rotatable bonds is 12. The van der Waals surface area contributed by atoms with Gasteiger partial charge in [-0.2, -0.15) is 11.8 Å². The molecule has 0 spiro atoms. The van der Waals surface area contributed by atoms with Gasteiger partial charge in [-0.1, -0.05) is 36.8 Å². The smallest absolute Gasteiger partial charge is 0.408 e. The van der Waals surface area contributed by atoms with Gasteiger partial charge < -0.3 is 25.0 Å². The Balaban J connectivity index is 3.37. The molecule has 9 nitrogen and oxygen atoms in total. The lowest BCUT2D eigenvalue weighted by Crippen LogP contribution is -2.53. The summed E-state index contributed by atoms with van der Waals surface area (Å²) in [6.45, 7) is 8.98. The Hall–Kier alpha value is -2.75. The number of methoxy groups -OCH3 is 1. The molecule has 0 aliphatic carbocycles. The molecule has 0 aliphatic rings. The van der Waals surface area contributed by atoms with Crippen LogP contribution in [-0.4, -0.2) is 72.6 Å². The summed E-state index contributed by atoms with van der Waals surface area (Å²) in [5, 5.41) is 5.27. The summed E-state index contributed by atoms with van der Waals surface area (Å²) in [5.74, 6) is -0.884. The highest BCUT2D eigenvalue weighted by molar-refractivity contribution is 7.98. The Morgan fingerprint density at radius 2 is 1.86 bits per heavy atom. The SMILES string of the molecule is CCCN(C(=O)C(CCSC)NC(=O)OC(C)(C)C)C(C(=O)NCC(=O)OC)c1cccc(C)c1. The second-order valence-corrected chi connectivity index (χ2v) is 10.1. The van der Waals surface area contributed by atoms with E-state index in [2.05, 4.69) is 15.4 Å². The average Bonchev–Trinajstić information content (AvgIpc) is 2.78. The van der Waals surface area contributed by atoms with Crippen molar-refractivity contribution in [3.05, 3.63) is 35.4 Å². The fourth-order valence-corrected chi connectivity index (χ4v) is 3.86. The quantitative estimate of drug-likeness (QED) is 0.416. The molecular formula is C25H39N3O6S. The predicted molar refractivity (Wildman–Crippen MR) is 137 cm³/mol. The van der Waals surface area contributed by atoms with Crippen LogP contribution in [0, 0.1) is 6.92 Å². The molecule has 2 atom stereocenters. The molecule has 0 radical (unpaired) electrons. The molecule has 1 aromatic carbocycles. The molecule has 0 saturated carbocycles. The molecule has 1 rings (SSSR count). The van der Waals surface area contributed by atoms with Crippen molar-refractivity contribution in [1.82, 2.24) is 15.5 Å². The van der Waals surface area contributed by atoms with Gasteiger partial charge in [0.2, 0.25) is 11.8 Å². The highest BCUT2D eigenvalue weighted by Gasteiger charge is 2.36. The van der Waals surface area contributed by atoms with Gasteiger partial charge in [-0.05, 0) is 58.1 Å². The molecule has 10 heteroatoms. The summed E-state index contributed by atoms with van der Waals surface area (Å²) in [5.41, 5.74) is 0.802. The topological polar surface area (TPSA) is 114 Å². The number of carbonyl (C=O) groups is 4. The first-order valence-electron chi connectivity index (χ1n) is 11.6. The second kappa shape index (κ2) is 14.6. The highest BCUT2D eigenvalue weighted by atomic mass is 32.2. The molecule has 0 heterocycles. The van der Waals surface area contributed by atoms with Gasteiger partial charge in [0, 0.05) is 6.54 Å². The van der Waals surface area contributed by atoms with Crippen molar-refractivity contribution >= 4 is 35.6 Å². The van der Waals surface area contributed by atoms with Gasteiger partial charge >= 0.3 is 12.1 Å². The van der Waals surface area contributed by atoms with Crippen LogP contribution in [0.4, 0.5) is 4.79 Å². The van der Waals surface area contributed by atoms with Gasteiger partial charge in [-0.25, -0.2) is 4.79 Å². The highest BCUT2D eigenvalue weighted by Crippen LogP contribution is 2.24. The largest absolute Gasteiger partial charge is 0.468 e. The van der Waals surface area contributed by atoms with E-state index in [1.165, 1.54) is 12.0 Å². The Morgan fingerprint density at radius 1 is 1.17 bits per heavy atom. The van der Waals surface area contributed by atoms with Gasteiger partial charge in [-0.15, -0.1) is 0 Å². The van der Waals surface area contributed by atoms with E-state index >= 15 is 0 Å². The number of esters is 1. The Kier molecular flexibility index (Phi) is 12.6. The zero-order valence-electron chi connectivity index (χ0n) is 21.8. The number of nitrogens with one attached hydrogen (secondary N) is 2. The molecule has 0 fully saturated rings. The number of ether oxygens (including phenoxy) is 2. The number of nitrogens with zero attached hydrogens (tertiary/aromatic N) is 1. The van der Waals surface area contributed by atoms with Crippen LogP contribution >= 0.6 is 11.8 Å². The lowest BCUT2D eigenvalue weighted by Gasteiger charge is -2.34. The van der Waals surface area contributed by atoms with Crippen LogP contribution in [0.2, 0.25) is 0 Å². The summed E-state index contributed by atoms with van der Waals surface area (Å²) in [7, 11) is 1.23. The molecule has 0 aliphatic heterocycles. The summed E-state index contributed by atoms with van der Waals surface area (Å²) in [6, 6.07) is 5.42. The van der Waals surface area contributed by atoms with Crippen molar-refractivity contribution in [3.63, 3.8) is 0 Å². The number of hydrogen-bond donors (Lipinski definition) is 2. The Labute approximate surface area is 212 Å². The first-order chi connectivity index (χ1) is 16.4. The molecule has 3 amide bonds. The number of alkyl carbamates (subject to hydrolysis) is 1. The fourth-order valence-electron chi connectivity index (χ4n) is 3.39. The van der Waals surface area contributed by atoms with Crippen LogP contribution in [0.1, 0.15) is 57.7 Å². The zero-order valence-corrected chi connectivity index (χ0v) is 22.6. The average molecular weight is 510 g/mol. The minimum absolute atomic E-state index is 0.273. The van der Waals surface area contributed by atoms with E-state index in [1.54, 1.807) is 38.6 Å². The standard InChI is InChI=1S/C25H39N3O6S/c1-8-13-28(23(31)19(12-14-35-7)27-24(32)34-25(3,4)5)21(18-11-9-10-17(2)15-18)22(30)26-16-20(29)33-6/h9-11,15,19,21H,8,12-14,16H2,1-7H3,(H,26,30)(H,27,32). The Morgan fingerprint density at radius 3 is 2.40 bits per heavy atom. The molecular weight excluding hydrogens is 470 g/mol. The van der Waals surface area contributed by atoms with E-state index < -0.39 is 41.6 Å². The van der Waals surface area contributed by atoms with Crippen LogP contribution in [0.25, 0.3) is 0 Å². The summed E-state index contributed by atoms with van der Waals surface area (Å²) in [6.07, 6.45) is 2.16.